The van der Waals surface area contributed by atoms with Crippen LogP contribution >= 0.6 is 0 Å². The summed E-state index contributed by atoms with van der Waals surface area (Å²) in [4.78, 5) is 0. The van der Waals surface area contributed by atoms with Crippen LogP contribution in [0.3, 0.4) is 0 Å². The van der Waals surface area contributed by atoms with Crippen molar-refractivity contribution in [2.75, 3.05) is 40.1 Å². The second-order valence-corrected chi connectivity index (χ2v) is 5.08. The van der Waals surface area contributed by atoms with Crippen molar-refractivity contribution in [2.24, 2.45) is 0 Å². The highest BCUT2D eigenvalue weighted by Gasteiger charge is 2.12. The number of methoxy groups -OCH3 is 1. The minimum absolute atomic E-state index is 0.587. The van der Waals surface area contributed by atoms with Crippen LogP contribution in [0.25, 0.3) is 0 Å². The van der Waals surface area contributed by atoms with E-state index in [0.29, 0.717) is 12.6 Å². The van der Waals surface area contributed by atoms with Crippen LogP contribution in [-0.4, -0.2) is 46.1 Å². The van der Waals surface area contributed by atoms with E-state index in [-0.39, 0.29) is 0 Å². The fraction of sp³-hybridized carbons (Fsp3) is 0.625. The van der Waals surface area contributed by atoms with Gasteiger partial charge < -0.3 is 19.5 Å². The highest BCUT2D eigenvalue weighted by Crippen LogP contribution is 2.12. The van der Waals surface area contributed by atoms with E-state index in [1.807, 2.05) is 12.1 Å². The van der Waals surface area contributed by atoms with Gasteiger partial charge in [0.05, 0.1) is 6.61 Å². The van der Waals surface area contributed by atoms with Crippen LogP contribution in [0.1, 0.15) is 18.4 Å². The molecule has 0 atom stereocenters. The first kappa shape index (κ1) is 15.3. The summed E-state index contributed by atoms with van der Waals surface area (Å²) in [5, 5.41) is 3.51. The van der Waals surface area contributed by atoms with Crippen LogP contribution < -0.4 is 10.1 Å². The van der Waals surface area contributed by atoms with Gasteiger partial charge in [0.1, 0.15) is 12.4 Å². The van der Waals surface area contributed by atoms with E-state index in [4.69, 9.17) is 14.2 Å². The maximum atomic E-state index is 5.73. The van der Waals surface area contributed by atoms with Crippen LogP contribution in [-0.2, 0) is 15.9 Å². The third-order valence-corrected chi connectivity index (χ3v) is 3.54. The van der Waals surface area contributed by atoms with E-state index in [9.17, 15) is 0 Å². The quantitative estimate of drug-likeness (QED) is 0.739. The van der Waals surface area contributed by atoms with Gasteiger partial charge in [-0.15, -0.1) is 0 Å². The molecule has 0 spiro atoms. The Kier molecular flexibility index (Phi) is 6.84. The first-order chi connectivity index (χ1) is 9.88. The molecule has 1 heterocycles. The molecule has 2 rings (SSSR count). The second-order valence-electron chi connectivity index (χ2n) is 5.08. The van der Waals surface area contributed by atoms with Gasteiger partial charge in [-0.05, 0) is 37.0 Å². The average Bonchev–Trinajstić information content (AvgIpc) is 2.52. The summed E-state index contributed by atoms with van der Waals surface area (Å²) in [6, 6.07) is 8.84. The highest BCUT2D eigenvalue weighted by molar-refractivity contribution is 5.27. The Morgan fingerprint density at radius 2 is 1.90 bits per heavy atom. The summed E-state index contributed by atoms with van der Waals surface area (Å²) in [6.07, 6.45) is 3.16. The van der Waals surface area contributed by atoms with E-state index in [1.54, 1.807) is 7.11 Å². The van der Waals surface area contributed by atoms with Crippen molar-refractivity contribution in [1.29, 1.82) is 0 Å². The third-order valence-electron chi connectivity index (χ3n) is 3.54. The SMILES string of the molecule is COCCc1ccc(OCCNC2CCOCC2)cc1. The second kappa shape index (κ2) is 8.95. The molecular weight excluding hydrogens is 254 g/mol. The minimum Gasteiger partial charge on any atom is -0.492 e. The number of benzene rings is 1. The lowest BCUT2D eigenvalue weighted by molar-refractivity contribution is 0.0770. The Balaban J connectivity index is 1.61. The van der Waals surface area contributed by atoms with Crippen LogP contribution in [0.4, 0.5) is 0 Å². The number of hydrogen-bond acceptors (Lipinski definition) is 4. The number of rotatable bonds is 8. The number of hydrogen-bond donors (Lipinski definition) is 1. The molecule has 1 N–H and O–H groups in total. The van der Waals surface area contributed by atoms with Gasteiger partial charge in [0.2, 0.25) is 0 Å². The molecule has 1 aromatic carbocycles. The van der Waals surface area contributed by atoms with Crippen LogP contribution in [0.5, 0.6) is 5.75 Å². The predicted octanol–water partition coefficient (Wildman–Crippen LogP) is 2.02. The van der Waals surface area contributed by atoms with Gasteiger partial charge in [0.25, 0.3) is 0 Å². The Morgan fingerprint density at radius 1 is 1.15 bits per heavy atom. The lowest BCUT2D eigenvalue weighted by atomic mass is 10.1. The summed E-state index contributed by atoms with van der Waals surface area (Å²) >= 11 is 0. The molecule has 0 saturated carbocycles. The summed E-state index contributed by atoms with van der Waals surface area (Å²) in [7, 11) is 1.73. The maximum Gasteiger partial charge on any atom is 0.119 e. The first-order valence-corrected chi connectivity index (χ1v) is 7.40. The third kappa shape index (κ3) is 5.49. The monoisotopic (exact) mass is 279 g/mol. The first-order valence-electron chi connectivity index (χ1n) is 7.40. The summed E-state index contributed by atoms with van der Waals surface area (Å²) in [5.74, 6) is 0.931. The van der Waals surface area contributed by atoms with E-state index < -0.39 is 0 Å². The standard InChI is InChI=1S/C16H25NO3/c1-18-10-6-14-2-4-16(5-3-14)20-13-9-17-15-7-11-19-12-8-15/h2-5,15,17H,6-13H2,1H3. The zero-order valence-electron chi connectivity index (χ0n) is 12.3. The van der Waals surface area contributed by atoms with Gasteiger partial charge in [-0.3, -0.25) is 0 Å². The van der Waals surface area contributed by atoms with Crippen molar-refractivity contribution in [3.8, 4) is 5.75 Å². The summed E-state index contributed by atoms with van der Waals surface area (Å²) in [5.41, 5.74) is 1.28. The van der Waals surface area contributed by atoms with E-state index in [0.717, 1.165) is 51.4 Å². The van der Waals surface area contributed by atoms with Gasteiger partial charge >= 0.3 is 0 Å². The predicted molar refractivity (Wildman–Crippen MR) is 79.4 cm³/mol. The molecule has 0 unspecified atom stereocenters. The normalized spacial score (nSPS) is 16.2. The van der Waals surface area contributed by atoms with E-state index in [2.05, 4.69) is 17.4 Å². The van der Waals surface area contributed by atoms with Gasteiger partial charge in [0, 0.05) is 32.9 Å². The van der Waals surface area contributed by atoms with Crippen molar-refractivity contribution in [3.63, 3.8) is 0 Å². The molecule has 1 aliphatic rings. The zero-order valence-corrected chi connectivity index (χ0v) is 12.3. The van der Waals surface area contributed by atoms with Crippen molar-refractivity contribution >= 4 is 0 Å². The molecule has 4 heteroatoms. The fourth-order valence-electron chi connectivity index (χ4n) is 2.31. The summed E-state index contributed by atoms with van der Waals surface area (Å²) < 4.78 is 16.1. The van der Waals surface area contributed by atoms with Crippen LogP contribution in [0.2, 0.25) is 0 Å². The fourth-order valence-corrected chi connectivity index (χ4v) is 2.31. The van der Waals surface area contributed by atoms with E-state index in [1.165, 1.54) is 5.56 Å². The van der Waals surface area contributed by atoms with Gasteiger partial charge in [0.15, 0.2) is 0 Å². The lowest BCUT2D eigenvalue weighted by Gasteiger charge is -2.23. The topological polar surface area (TPSA) is 39.7 Å². The van der Waals surface area contributed by atoms with Crippen molar-refractivity contribution in [1.82, 2.24) is 5.32 Å². The molecule has 4 nitrogen and oxygen atoms in total. The molecule has 20 heavy (non-hydrogen) atoms. The van der Waals surface area contributed by atoms with Crippen molar-refractivity contribution < 1.29 is 14.2 Å². The molecule has 1 aliphatic heterocycles. The zero-order chi connectivity index (χ0) is 14.0. The molecule has 1 aromatic rings. The highest BCUT2D eigenvalue weighted by atomic mass is 16.5. The smallest absolute Gasteiger partial charge is 0.119 e. The molecule has 0 bridgehead atoms. The van der Waals surface area contributed by atoms with Gasteiger partial charge in [-0.1, -0.05) is 12.1 Å². The van der Waals surface area contributed by atoms with Gasteiger partial charge in [-0.2, -0.15) is 0 Å². The molecule has 1 fully saturated rings. The molecular formula is C16H25NO3. The van der Waals surface area contributed by atoms with Gasteiger partial charge in [-0.25, -0.2) is 0 Å². The Morgan fingerprint density at radius 3 is 2.60 bits per heavy atom. The van der Waals surface area contributed by atoms with Crippen LogP contribution in [0, 0.1) is 0 Å². The Bertz CT molecular complexity index is 360. The molecule has 0 amide bonds. The Hall–Kier alpha value is -1.10. The van der Waals surface area contributed by atoms with Crippen LogP contribution in [0.15, 0.2) is 24.3 Å². The lowest BCUT2D eigenvalue weighted by Crippen LogP contribution is -2.37. The van der Waals surface area contributed by atoms with Crippen molar-refractivity contribution in [2.45, 2.75) is 25.3 Å². The number of nitrogens with one attached hydrogen (secondary N) is 1. The molecule has 0 aliphatic carbocycles. The average molecular weight is 279 g/mol. The Labute approximate surface area is 121 Å². The maximum absolute atomic E-state index is 5.73. The van der Waals surface area contributed by atoms with Crippen molar-refractivity contribution in [3.05, 3.63) is 29.8 Å². The molecule has 112 valence electrons. The summed E-state index contributed by atoms with van der Waals surface area (Å²) in [6.45, 7) is 4.10. The molecule has 1 saturated heterocycles. The largest absolute Gasteiger partial charge is 0.492 e. The number of ether oxygens (including phenoxy) is 3. The molecule has 0 radical (unpaired) electrons. The van der Waals surface area contributed by atoms with E-state index >= 15 is 0 Å². The molecule has 0 aromatic heterocycles. The minimum atomic E-state index is 0.587.